The van der Waals surface area contributed by atoms with E-state index in [0.29, 0.717) is 16.6 Å². The van der Waals surface area contributed by atoms with Gasteiger partial charge in [-0.3, -0.25) is 10.3 Å². The Morgan fingerprint density at radius 3 is 2.74 bits per heavy atom. The zero-order valence-electron chi connectivity index (χ0n) is 11.2. The van der Waals surface area contributed by atoms with Crippen molar-refractivity contribution in [1.29, 1.82) is 5.41 Å². The van der Waals surface area contributed by atoms with E-state index in [-0.39, 0.29) is 5.84 Å². The molecule has 0 unspecified atom stereocenters. The van der Waals surface area contributed by atoms with Crippen LogP contribution in [0.4, 0.5) is 0 Å². The first-order chi connectivity index (χ1) is 9.08. The number of ether oxygens (including phenoxy) is 1. The van der Waals surface area contributed by atoms with Gasteiger partial charge in [-0.05, 0) is 31.5 Å². The van der Waals surface area contributed by atoms with Gasteiger partial charge in [-0.1, -0.05) is 23.7 Å². The molecule has 4 nitrogen and oxygen atoms in total. The molecule has 104 valence electrons. The quantitative estimate of drug-likeness (QED) is 0.657. The molecule has 1 aromatic carbocycles. The summed E-state index contributed by atoms with van der Waals surface area (Å²) >= 11 is 6.25. The van der Waals surface area contributed by atoms with Gasteiger partial charge >= 0.3 is 0 Å². The van der Waals surface area contributed by atoms with Crippen LogP contribution in [0.5, 0.6) is 0 Å². The molecule has 0 amide bonds. The van der Waals surface area contributed by atoms with Crippen molar-refractivity contribution in [1.82, 2.24) is 4.90 Å². The summed E-state index contributed by atoms with van der Waals surface area (Å²) in [5, 5.41) is 8.07. The third kappa shape index (κ3) is 3.69. The lowest BCUT2D eigenvalue weighted by Gasteiger charge is -2.31. The van der Waals surface area contributed by atoms with E-state index in [1.165, 1.54) is 0 Å². The molecule has 1 heterocycles. The van der Waals surface area contributed by atoms with Crippen molar-refractivity contribution < 1.29 is 4.74 Å². The molecule has 19 heavy (non-hydrogen) atoms. The predicted molar refractivity (Wildman–Crippen MR) is 77.8 cm³/mol. The molecule has 5 heteroatoms. The molecule has 0 bridgehead atoms. The smallest absolute Gasteiger partial charge is 0.122 e. The van der Waals surface area contributed by atoms with E-state index in [2.05, 4.69) is 11.9 Å². The highest BCUT2D eigenvalue weighted by molar-refractivity contribution is 6.31. The van der Waals surface area contributed by atoms with Gasteiger partial charge in [-0.2, -0.15) is 0 Å². The van der Waals surface area contributed by atoms with Gasteiger partial charge in [-0.15, -0.1) is 0 Å². The van der Waals surface area contributed by atoms with Crippen molar-refractivity contribution in [2.75, 3.05) is 20.3 Å². The fraction of sp³-hybridized carbons (Fsp3) is 0.500. The van der Waals surface area contributed by atoms with Crippen LogP contribution in [0.25, 0.3) is 0 Å². The minimum absolute atomic E-state index is 0.0474. The van der Waals surface area contributed by atoms with E-state index in [1.807, 2.05) is 12.1 Å². The van der Waals surface area contributed by atoms with Crippen LogP contribution in [0.3, 0.4) is 0 Å². The number of amidine groups is 1. The van der Waals surface area contributed by atoms with Gasteiger partial charge < -0.3 is 10.5 Å². The Balaban J connectivity index is 2.03. The number of hydrogen-bond donors (Lipinski definition) is 2. The SMILES string of the molecule is CN(Cc1ccc(C(=N)N)cc1Cl)C1CCOCC1. The van der Waals surface area contributed by atoms with Crippen molar-refractivity contribution in [3.63, 3.8) is 0 Å². The van der Waals surface area contributed by atoms with E-state index in [4.69, 9.17) is 27.5 Å². The molecule has 0 atom stereocenters. The zero-order chi connectivity index (χ0) is 13.8. The molecule has 1 aliphatic heterocycles. The third-order valence-corrected chi connectivity index (χ3v) is 3.95. The minimum atomic E-state index is 0.0474. The average molecular weight is 282 g/mol. The van der Waals surface area contributed by atoms with Gasteiger partial charge in [0.2, 0.25) is 0 Å². The highest BCUT2D eigenvalue weighted by Gasteiger charge is 2.19. The van der Waals surface area contributed by atoms with Crippen LogP contribution in [0.1, 0.15) is 24.0 Å². The molecular weight excluding hydrogens is 262 g/mol. The van der Waals surface area contributed by atoms with Crippen molar-refractivity contribution >= 4 is 17.4 Å². The number of hydrogen-bond acceptors (Lipinski definition) is 3. The molecule has 1 aliphatic rings. The van der Waals surface area contributed by atoms with Gasteiger partial charge in [-0.25, -0.2) is 0 Å². The maximum atomic E-state index is 7.40. The Labute approximate surface area is 119 Å². The summed E-state index contributed by atoms with van der Waals surface area (Å²) in [4.78, 5) is 2.32. The minimum Gasteiger partial charge on any atom is -0.384 e. The molecule has 1 fully saturated rings. The van der Waals surface area contributed by atoms with Crippen LogP contribution < -0.4 is 5.73 Å². The Hall–Kier alpha value is -1.10. The highest BCUT2D eigenvalue weighted by atomic mass is 35.5. The molecular formula is C14H20ClN3O. The normalized spacial score (nSPS) is 16.8. The first-order valence-electron chi connectivity index (χ1n) is 6.48. The number of nitrogens with one attached hydrogen (secondary N) is 1. The van der Waals surface area contributed by atoms with Crippen LogP contribution in [-0.4, -0.2) is 37.0 Å². The van der Waals surface area contributed by atoms with Gasteiger partial charge in [0.25, 0.3) is 0 Å². The molecule has 0 saturated carbocycles. The molecule has 2 rings (SSSR count). The van der Waals surface area contributed by atoms with E-state index in [1.54, 1.807) is 6.07 Å². The molecule has 0 radical (unpaired) electrons. The standard InChI is InChI=1S/C14H20ClN3O/c1-18(12-4-6-19-7-5-12)9-11-3-2-10(14(16)17)8-13(11)15/h2-3,8,12H,4-7,9H2,1H3,(H3,16,17). The van der Waals surface area contributed by atoms with E-state index in [9.17, 15) is 0 Å². The van der Waals surface area contributed by atoms with Crippen molar-refractivity contribution in [2.45, 2.75) is 25.4 Å². The number of nitrogens with two attached hydrogens (primary N) is 1. The van der Waals surface area contributed by atoms with Crippen LogP contribution in [0.2, 0.25) is 5.02 Å². The van der Waals surface area contributed by atoms with Gasteiger partial charge in [0.05, 0.1) is 0 Å². The maximum absolute atomic E-state index is 7.40. The third-order valence-electron chi connectivity index (χ3n) is 3.60. The second-order valence-corrected chi connectivity index (χ2v) is 5.39. The Morgan fingerprint density at radius 1 is 1.47 bits per heavy atom. The second kappa shape index (κ2) is 6.37. The Kier molecular flexibility index (Phi) is 4.80. The maximum Gasteiger partial charge on any atom is 0.122 e. The van der Waals surface area contributed by atoms with Crippen LogP contribution >= 0.6 is 11.6 Å². The first-order valence-corrected chi connectivity index (χ1v) is 6.86. The van der Waals surface area contributed by atoms with Crippen LogP contribution in [-0.2, 0) is 11.3 Å². The zero-order valence-corrected chi connectivity index (χ0v) is 11.9. The van der Waals surface area contributed by atoms with Crippen molar-refractivity contribution in [3.8, 4) is 0 Å². The van der Waals surface area contributed by atoms with Gasteiger partial charge in [0, 0.05) is 36.4 Å². The molecule has 1 aromatic rings. The van der Waals surface area contributed by atoms with E-state index >= 15 is 0 Å². The Bertz CT molecular complexity index is 458. The summed E-state index contributed by atoms with van der Waals surface area (Å²) in [5.41, 5.74) is 7.19. The van der Waals surface area contributed by atoms with Gasteiger partial charge in [0.15, 0.2) is 0 Å². The van der Waals surface area contributed by atoms with Crippen molar-refractivity contribution in [2.24, 2.45) is 5.73 Å². The fourth-order valence-corrected chi connectivity index (χ4v) is 2.61. The summed E-state index contributed by atoms with van der Waals surface area (Å²) in [6.07, 6.45) is 2.14. The molecule has 0 aromatic heterocycles. The largest absolute Gasteiger partial charge is 0.384 e. The van der Waals surface area contributed by atoms with E-state index in [0.717, 1.165) is 38.2 Å². The molecule has 1 saturated heterocycles. The molecule has 0 aliphatic carbocycles. The molecule has 3 N–H and O–H groups in total. The van der Waals surface area contributed by atoms with E-state index < -0.39 is 0 Å². The number of nitrogen functional groups attached to an aromatic ring is 1. The summed E-state index contributed by atoms with van der Waals surface area (Å²) < 4.78 is 5.38. The summed E-state index contributed by atoms with van der Waals surface area (Å²) in [6, 6.07) is 6.12. The first kappa shape index (κ1) is 14.3. The monoisotopic (exact) mass is 281 g/mol. The number of benzene rings is 1. The number of halogens is 1. The molecule has 0 spiro atoms. The highest BCUT2D eigenvalue weighted by Crippen LogP contribution is 2.22. The number of rotatable bonds is 4. The Morgan fingerprint density at radius 2 is 2.16 bits per heavy atom. The summed E-state index contributed by atoms with van der Waals surface area (Å²) in [7, 11) is 2.12. The van der Waals surface area contributed by atoms with Crippen LogP contribution in [0, 0.1) is 5.41 Å². The fourth-order valence-electron chi connectivity index (χ4n) is 2.37. The predicted octanol–water partition coefficient (Wildman–Crippen LogP) is 2.23. The topological polar surface area (TPSA) is 62.3 Å². The summed E-state index contributed by atoms with van der Waals surface area (Å²) in [5.74, 6) is 0.0474. The van der Waals surface area contributed by atoms with Crippen LogP contribution in [0.15, 0.2) is 18.2 Å². The van der Waals surface area contributed by atoms with Gasteiger partial charge in [0.1, 0.15) is 5.84 Å². The lowest BCUT2D eigenvalue weighted by molar-refractivity contribution is 0.0407. The summed E-state index contributed by atoms with van der Waals surface area (Å²) in [6.45, 7) is 2.49. The lowest BCUT2D eigenvalue weighted by atomic mass is 10.1. The lowest BCUT2D eigenvalue weighted by Crippen LogP contribution is -2.36. The average Bonchev–Trinajstić information content (AvgIpc) is 2.41. The second-order valence-electron chi connectivity index (χ2n) is 4.98. The number of nitrogens with zero attached hydrogens (tertiary/aromatic N) is 1. The van der Waals surface area contributed by atoms with Crippen molar-refractivity contribution in [3.05, 3.63) is 34.3 Å².